The van der Waals surface area contributed by atoms with Crippen molar-refractivity contribution >= 4 is 5.69 Å². The van der Waals surface area contributed by atoms with Crippen LogP contribution in [0.25, 0.3) is 0 Å². The molecule has 2 aromatic rings. The van der Waals surface area contributed by atoms with Gasteiger partial charge in [0, 0.05) is 43.1 Å². The SMILES string of the molecule is CC(C)c1ccc2c(c1)NC(CC(C)c1cnc3c(c1)CNCC3)C2. The third-order valence-corrected chi connectivity index (χ3v) is 5.77. The Morgan fingerprint density at radius 3 is 2.84 bits per heavy atom. The molecule has 2 N–H and O–H groups in total. The van der Waals surface area contributed by atoms with Gasteiger partial charge in [0.1, 0.15) is 0 Å². The van der Waals surface area contributed by atoms with Gasteiger partial charge >= 0.3 is 0 Å². The molecule has 0 radical (unpaired) electrons. The fraction of sp³-hybridized carbons (Fsp3) is 0.500. The summed E-state index contributed by atoms with van der Waals surface area (Å²) in [7, 11) is 0. The van der Waals surface area contributed by atoms with Crippen LogP contribution in [0.5, 0.6) is 0 Å². The van der Waals surface area contributed by atoms with Crippen molar-refractivity contribution in [1.82, 2.24) is 10.3 Å². The van der Waals surface area contributed by atoms with Gasteiger partial charge in [0.05, 0.1) is 0 Å². The highest BCUT2D eigenvalue weighted by molar-refractivity contribution is 5.59. The molecule has 0 saturated carbocycles. The third kappa shape index (κ3) is 3.43. The van der Waals surface area contributed by atoms with Gasteiger partial charge in [-0.25, -0.2) is 0 Å². The van der Waals surface area contributed by atoms with Crippen molar-refractivity contribution in [1.29, 1.82) is 0 Å². The fourth-order valence-electron chi connectivity index (χ4n) is 4.14. The van der Waals surface area contributed by atoms with E-state index in [1.807, 2.05) is 0 Å². The summed E-state index contributed by atoms with van der Waals surface area (Å²) in [5, 5.41) is 7.21. The average molecular weight is 335 g/mol. The Labute approximate surface area is 151 Å². The van der Waals surface area contributed by atoms with E-state index in [9.17, 15) is 0 Å². The van der Waals surface area contributed by atoms with Crippen molar-refractivity contribution in [2.75, 3.05) is 11.9 Å². The minimum atomic E-state index is 0.524. The van der Waals surface area contributed by atoms with E-state index >= 15 is 0 Å². The maximum Gasteiger partial charge on any atom is 0.0461 e. The first kappa shape index (κ1) is 16.6. The number of pyridine rings is 1. The Balaban J connectivity index is 1.44. The van der Waals surface area contributed by atoms with Crippen LogP contribution in [0, 0.1) is 0 Å². The van der Waals surface area contributed by atoms with Crippen molar-refractivity contribution < 1.29 is 0 Å². The van der Waals surface area contributed by atoms with Crippen molar-refractivity contribution in [3.8, 4) is 0 Å². The van der Waals surface area contributed by atoms with E-state index in [4.69, 9.17) is 4.98 Å². The van der Waals surface area contributed by atoms with Gasteiger partial charge in [-0.2, -0.15) is 0 Å². The van der Waals surface area contributed by atoms with Crippen LogP contribution in [0.15, 0.2) is 30.5 Å². The molecule has 0 amide bonds. The Kier molecular flexibility index (Phi) is 4.51. The van der Waals surface area contributed by atoms with Gasteiger partial charge in [-0.05, 0) is 53.0 Å². The van der Waals surface area contributed by atoms with E-state index < -0.39 is 0 Å². The molecule has 25 heavy (non-hydrogen) atoms. The Hall–Kier alpha value is -1.87. The monoisotopic (exact) mass is 335 g/mol. The van der Waals surface area contributed by atoms with Crippen molar-refractivity contribution in [2.45, 2.75) is 64.5 Å². The van der Waals surface area contributed by atoms with E-state index in [0.29, 0.717) is 17.9 Å². The highest BCUT2D eigenvalue weighted by atomic mass is 14.9. The summed E-state index contributed by atoms with van der Waals surface area (Å²) in [4.78, 5) is 4.72. The molecule has 0 saturated heterocycles. The third-order valence-electron chi connectivity index (χ3n) is 5.77. The van der Waals surface area contributed by atoms with E-state index in [1.165, 1.54) is 33.6 Å². The van der Waals surface area contributed by atoms with E-state index in [2.05, 4.69) is 61.9 Å². The fourth-order valence-corrected chi connectivity index (χ4v) is 4.14. The molecule has 0 bridgehead atoms. The van der Waals surface area contributed by atoms with Gasteiger partial charge in [0.25, 0.3) is 0 Å². The van der Waals surface area contributed by atoms with Gasteiger partial charge in [0.15, 0.2) is 0 Å². The van der Waals surface area contributed by atoms with Crippen LogP contribution in [-0.2, 0) is 19.4 Å². The van der Waals surface area contributed by atoms with Crippen LogP contribution >= 0.6 is 0 Å². The molecule has 3 nitrogen and oxygen atoms in total. The molecule has 1 aromatic heterocycles. The number of fused-ring (bicyclic) bond motifs is 2. The predicted octanol–water partition coefficient (Wildman–Crippen LogP) is 4.38. The first-order valence-electron chi connectivity index (χ1n) is 9.68. The predicted molar refractivity (Wildman–Crippen MR) is 104 cm³/mol. The summed E-state index contributed by atoms with van der Waals surface area (Å²) in [5.74, 6) is 1.11. The zero-order chi connectivity index (χ0) is 17.4. The van der Waals surface area contributed by atoms with E-state index in [0.717, 1.165) is 32.4 Å². The molecule has 2 aliphatic rings. The Morgan fingerprint density at radius 1 is 1.12 bits per heavy atom. The first-order valence-corrected chi connectivity index (χ1v) is 9.68. The van der Waals surface area contributed by atoms with Crippen LogP contribution in [0.4, 0.5) is 5.69 Å². The number of nitrogens with zero attached hydrogens (tertiary/aromatic N) is 1. The van der Waals surface area contributed by atoms with Crippen molar-refractivity contribution in [3.05, 3.63) is 58.4 Å². The van der Waals surface area contributed by atoms with Gasteiger partial charge in [-0.15, -0.1) is 0 Å². The topological polar surface area (TPSA) is 37.0 Å². The molecule has 3 heterocycles. The summed E-state index contributed by atoms with van der Waals surface area (Å²) in [6.45, 7) is 8.87. The summed E-state index contributed by atoms with van der Waals surface area (Å²) in [6, 6.07) is 9.85. The lowest BCUT2D eigenvalue weighted by Gasteiger charge is -2.21. The molecule has 132 valence electrons. The van der Waals surface area contributed by atoms with Crippen molar-refractivity contribution in [2.24, 2.45) is 0 Å². The molecule has 0 aliphatic carbocycles. The quantitative estimate of drug-likeness (QED) is 0.870. The van der Waals surface area contributed by atoms with Crippen LogP contribution in [0.3, 0.4) is 0 Å². The van der Waals surface area contributed by atoms with Gasteiger partial charge in [0.2, 0.25) is 0 Å². The molecule has 0 spiro atoms. The van der Waals surface area contributed by atoms with Gasteiger partial charge in [-0.3, -0.25) is 4.98 Å². The molecule has 2 unspecified atom stereocenters. The summed E-state index contributed by atoms with van der Waals surface area (Å²) < 4.78 is 0. The van der Waals surface area contributed by atoms with Crippen LogP contribution < -0.4 is 10.6 Å². The van der Waals surface area contributed by atoms with Gasteiger partial charge in [-0.1, -0.05) is 39.0 Å². The van der Waals surface area contributed by atoms with Crippen LogP contribution in [0.2, 0.25) is 0 Å². The number of hydrogen-bond acceptors (Lipinski definition) is 3. The molecule has 1 aromatic carbocycles. The maximum atomic E-state index is 4.72. The second-order valence-electron chi connectivity index (χ2n) is 8.05. The second-order valence-corrected chi connectivity index (χ2v) is 8.05. The molecule has 2 atom stereocenters. The molecular formula is C22H29N3. The lowest BCUT2D eigenvalue weighted by molar-refractivity contribution is 0.584. The lowest BCUT2D eigenvalue weighted by Crippen LogP contribution is -2.25. The minimum absolute atomic E-state index is 0.524. The standard InChI is InChI=1S/C22H29N3/c1-14(2)16-4-5-17-10-20(25-22(17)11-16)8-15(3)18-9-19-12-23-7-6-21(19)24-13-18/h4-5,9,11,13-15,20,23,25H,6-8,10,12H2,1-3H3. The number of rotatable bonds is 4. The summed E-state index contributed by atoms with van der Waals surface area (Å²) in [5.41, 5.74) is 8.28. The Bertz CT molecular complexity index is 766. The van der Waals surface area contributed by atoms with Crippen molar-refractivity contribution in [3.63, 3.8) is 0 Å². The zero-order valence-corrected chi connectivity index (χ0v) is 15.6. The molecule has 3 heteroatoms. The highest BCUT2D eigenvalue weighted by Crippen LogP contribution is 2.33. The highest BCUT2D eigenvalue weighted by Gasteiger charge is 2.24. The van der Waals surface area contributed by atoms with Gasteiger partial charge < -0.3 is 10.6 Å². The number of benzene rings is 1. The van der Waals surface area contributed by atoms with Crippen LogP contribution in [0.1, 0.15) is 67.0 Å². The van der Waals surface area contributed by atoms with Crippen LogP contribution in [-0.4, -0.2) is 17.6 Å². The summed E-state index contributed by atoms with van der Waals surface area (Å²) in [6.07, 6.45) is 5.45. The lowest BCUT2D eigenvalue weighted by atomic mass is 9.91. The smallest absolute Gasteiger partial charge is 0.0461 e. The second kappa shape index (κ2) is 6.80. The molecular weight excluding hydrogens is 306 g/mol. The number of nitrogens with one attached hydrogen (secondary N) is 2. The molecule has 0 fully saturated rings. The zero-order valence-electron chi connectivity index (χ0n) is 15.6. The number of hydrogen-bond donors (Lipinski definition) is 2. The van der Waals surface area contributed by atoms with E-state index in [-0.39, 0.29) is 0 Å². The Morgan fingerprint density at radius 2 is 2.00 bits per heavy atom. The normalized spacial score (nSPS) is 20.1. The summed E-state index contributed by atoms with van der Waals surface area (Å²) >= 11 is 0. The van der Waals surface area contributed by atoms with E-state index in [1.54, 1.807) is 0 Å². The number of aromatic nitrogens is 1. The average Bonchev–Trinajstić information content (AvgIpc) is 3.02. The maximum absolute atomic E-state index is 4.72. The first-order chi connectivity index (χ1) is 12.1. The minimum Gasteiger partial charge on any atom is -0.382 e. The largest absolute Gasteiger partial charge is 0.382 e. The number of anilines is 1. The molecule has 2 aliphatic heterocycles. The molecule has 4 rings (SSSR count).